The highest BCUT2D eigenvalue weighted by atomic mass is 19.2. The molecule has 180 valence electrons. The van der Waals surface area contributed by atoms with Crippen molar-refractivity contribution in [1.29, 1.82) is 0 Å². The van der Waals surface area contributed by atoms with E-state index in [0.29, 0.717) is 12.1 Å². The van der Waals surface area contributed by atoms with Crippen molar-refractivity contribution >= 4 is 6.03 Å². The number of nitrogens with zero attached hydrogens (tertiary/aromatic N) is 2. The van der Waals surface area contributed by atoms with Gasteiger partial charge >= 0.3 is 6.03 Å². The highest BCUT2D eigenvalue weighted by molar-refractivity contribution is 5.74. The predicted octanol–water partition coefficient (Wildman–Crippen LogP) is 4.57. The van der Waals surface area contributed by atoms with Gasteiger partial charge < -0.3 is 24.6 Å². The Bertz CT molecular complexity index is 929. The van der Waals surface area contributed by atoms with Gasteiger partial charge in [0.1, 0.15) is 11.5 Å². The predicted molar refractivity (Wildman–Crippen MR) is 123 cm³/mol. The molecule has 0 aromatic heterocycles. The number of hydrogen-bond donors (Lipinski definition) is 1. The highest BCUT2D eigenvalue weighted by Crippen LogP contribution is 2.25. The Kier molecular flexibility index (Phi) is 8.49. The van der Waals surface area contributed by atoms with E-state index in [1.54, 1.807) is 4.90 Å². The molecule has 0 spiro atoms. The number of halogens is 2. The molecule has 0 radical (unpaired) electrons. The van der Waals surface area contributed by atoms with Crippen molar-refractivity contribution in [2.45, 2.75) is 51.9 Å². The lowest BCUT2D eigenvalue weighted by atomic mass is 10.1. The average molecular weight is 462 g/mol. The minimum Gasteiger partial charge on any atom is -0.496 e. The molecule has 0 unspecified atom stereocenters. The monoisotopic (exact) mass is 461 g/mol. The third kappa shape index (κ3) is 7.05. The molecule has 1 saturated heterocycles. The fraction of sp³-hybridized carbons (Fsp3) is 0.480. The zero-order valence-electron chi connectivity index (χ0n) is 19.7. The lowest BCUT2D eigenvalue weighted by Gasteiger charge is -2.32. The second-order valence-electron chi connectivity index (χ2n) is 8.77. The van der Waals surface area contributed by atoms with Crippen molar-refractivity contribution in [3.05, 3.63) is 59.2 Å². The quantitative estimate of drug-likeness (QED) is 0.626. The maximum atomic E-state index is 14.0. The van der Waals surface area contributed by atoms with Crippen LogP contribution >= 0.6 is 0 Å². The Balaban J connectivity index is 1.80. The van der Waals surface area contributed by atoms with E-state index >= 15 is 0 Å². The molecule has 0 saturated carbocycles. The van der Waals surface area contributed by atoms with Gasteiger partial charge in [0, 0.05) is 24.2 Å². The van der Waals surface area contributed by atoms with Crippen LogP contribution in [0.1, 0.15) is 37.8 Å². The average Bonchev–Trinajstić information content (AvgIpc) is 2.78. The van der Waals surface area contributed by atoms with Gasteiger partial charge in [0.05, 0.1) is 19.8 Å². The van der Waals surface area contributed by atoms with Crippen LogP contribution in [-0.4, -0.2) is 55.2 Å². The molecule has 0 bridgehead atoms. The number of amides is 2. The number of nitrogens with one attached hydrogen (secondary N) is 1. The summed E-state index contributed by atoms with van der Waals surface area (Å²) >= 11 is 0. The molecule has 2 aromatic rings. The Morgan fingerprint density at radius 2 is 1.76 bits per heavy atom. The normalized spacial score (nSPS) is 14.9. The fourth-order valence-electron chi connectivity index (χ4n) is 3.87. The summed E-state index contributed by atoms with van der Waals surface area (Å²) < 4.78 is 38.6. The van der Waals surface area contributed by atoms with E-state index < -0.39 is 11.6 Å². The second-order valence-corrected chi connectivity index (χ2v) is 8.77. The molecule has 1 aliphatic heterocycles. The topological polar surface area (TPSA) is 54.0 Å². The number of carbonyl (C=O) groups is 1. The fourth-order valence-corrected chi connectivity index (χ4v) is 3.87. The molecule has 6 nitrogen and oxygen atoms in total. The first kappa shape index (κ1) is 24.8. The summed E-state index contributed by atoms with van der Waals surface area (Å²) in [6.07, 6.45) is 1.80. The summed E-state index contributed by atoms with van der Waals surface area (Å²) in [6, 6.07) is 9.44. The first-order chi connectivity index (χ1) is 15.7. The van der Waals surface area contributed by atoms with Gasteiger partial charge in [0.15, 0.2) is 11.6 Å². The number of ether oxygens (including phenoxy) is 2. The molecule has 8 heteroatoms. The number of benzene rings is 2. The van der Waals surface area contributed by atoms with E-state index in [1.807, 2.05) is 38.1 Å². The van der Waals surface area contributed by atoms with Gasteiger partial charge in [-0.2, -0.15) is 0 Å². The van der Waals surface area contributed by atoms with Crippen LogP contribution in [0, 0.1) is 11.6 Å². The molecule has 1 aliphatic rings. The van der Waals surface area contributed by atoms with E-state index in [-0.39, 0.29) is 30.5 Å². The molecule has 1 N–H and O–H groups in total. The number of methoxy groups -OCH3 is 1. The van der Waals surface area contributed by atoms with E-state index in [0.717, 1.165) is 49.4 Å². The van der Waals surface area contributed by atoms with Crippen LogP contribution in [-0.2, 0) is 13.1 Å². The Morgan fingerprint density at radius 3 is 2.36 bits per heavy atom. The first-order valence-corrected chi connectivity index (χ1v) is 11.3. The van der Waals surface area contributed by atoms with E-state index in [2.05, 4.69) is 17.3 Å². The number of rotatable bonds is 8. The summed E-state index contributed by atoms with van der Waals surface area (Å²) in [5.41, 5.74) is 1.29. The maximum Gasteiger partial charge on any atom is 0.318 e. The van der Waals surface area contributed by atoms with Crippen LogP contribution in [0.5, 0.6) is 11.5 Å². The van der Waals surface area contributed by atoms with Crippen molar-refractivity contribution in [2.75, 3.05) is 27.2 Å². The minimum atomic E-state index is -0.987. The van der Waals surface area contributed by atoms with Crippen molar-refractivity contribution in [2.24, 2.45) is 0 Å². The molecule has 0 atom stereocenters. The third-order valence-corrected chi connectivity index (χ3v) is 5.69. The Hall–Kier alpha value is -2.87. The summed E-state index contributed by atoms with van der Waals surface area (Å²) in [6.45, 7) is 6.11. The Labute approximate surface area is 194 Å². The summed E-state index contributed by atoms with van der Waals surface area (Å²) in [5, 5.41) is 3.11. The number of hydrogen-bond acceptors (Lipinski definition) is 4. The van der Waals surface area contributed by atoms with E-state index in [4.69, 9.17) is 9.47 Å². The van der Waals surface area contributed by atoms with Gasteiger partial charge in [-0.05, 0) is 70.6 Å². The van der Waals surface area contributed by atoms with Crippen LogP contribution in [0.3, 0.4) is 0 Å². The van der Waals surface area contributed by atoms with Gasteiger partial charge in [-0.25, -0.2) is 13.6 Å². The summed E-state index contributed by atoms with van der Waals surface area (Å²) in [4.78, 5) is 17.1. The van der Waals surface area contributed by atoms with Gasteiger partial charge in [-0.1, -0.05) is 12.1 Å². The van der Waals surface area contributed by atoms with E-state index in [9.17, 15) is 13.6 Å². The van der Waals surface area contributed by atoms with Gasteiger partial charge in [-0.3, -0.25) is 0 Å². The molecular weight excluding hydrogens is 428 g/mol. The number of urea groups is 1. The van der Waals surface area contributed by atoms with Gasteiger partial charge in [0.25, 0.3) is 0 Å². The van der Waals surface area contributed by atoms with Crippen molar-refractivity contribution in [1.82, 2.24) is 15.1 Å². The van der Waals surface area contributed by atoms with Crippen molar-refractivity contribution in [3.63, 3.8) is 0 Å². The maximum absolute atomic E-state index is 14.0. The van der Waals surface area contributed by atoms with Crippen molar-refractivity contribution in [3.8, 4) is 11.5 Å². The number of piperidine rings is 1. The first-order valence-electron chi connectivity index (χ1n) is 11.3. The molecule has 1 fully saturated rings. The molecule has 0 aliphatic carbocycles. The molecule has 2 aromatic carbocycles. The molecular formula is C25H33F2N3O3. The highest BCUT2D eigenvalue weighted by Gasteiger charge is 2.23. The van der Waals surface area contributed by atoms with Crippen LogP contribution in [0.25, 0.3) is 0 Å². The smallest absolute Gasteiger partial charge is 0.318 e. The zero-order valence-corrected chi connectivity index (χ0v) is 19.7. The lowest BCUT2D eigenvalue weighted by Crippen LogP contribution is -2.48. The summed E-state index contributed by atoms with van der Waals surface area (Å²) in [5.74, 6) is -1.01. The number of carbonyl (C=O) groups excluding carboxylic acids is 1. The summed E-state index contributed by atoms with van der Waals surface area (Å²) in [7, 11) is 3.46. The van der Waals surface area contributed by atoms with Crippen LogP contribution < -0.4 is 14.8 Å². The van der Waals surface area contributed by atoms with Gasteiger partial charge in [-0.15, -0.1) is 0 Å². The van der Waals surface area contributed by atoms with Crippen LogP contribution in [0.4, 0.5) is 13.6 Å². The molecule has 1 heterocycles. The Morgan fingerprint density at radius 1 is 1.12 bits per heavy atom. The van der Waals surface area contributed by atoms with Gasteiger partial charge in [0.2, 0.25) is 0 Å². The minimum absolute atomic E-state index is 0.0634. The van der Waals surface area contributed by atoms with E-state index in [1.165, 1.54) is 7.11 Å². The standard InChI is InChI=1S/C25H33F2N3O3/c1-17(2)33-21-7-5-18(6-8-21)15-30(25(31)28-20-9-11-29(3)12-10-20)16-19-13-22(26)23(27)14-24(19)32-4/h5-8,13-14,17,20H,9-12,15-16H2,1-4H3,(H,28,31). The molecule has 3 rings (SSSR count). The number of likely N-dealkylation sites (tertiary alicyclic amines) is 1. The largest absolute Gasteiger partial charge is 0.496 e. The van der Waals surface area contributed by atoms with Crippen molar-refractivity contribution < 1.29 is 23.0 Å². The van der Waals surface area contributed by atoms with Crippen LogP contribution in [0.15, 0.2) is 36.4 Å². The lowest BCUT2D eigenvalue weighted by molar-refractivity contribution is 0.175. The SMILES string of the molecule is COc1cc(F)c(F)cc1CN(Cc1ccc(OC(C)C)cc1)C(=O)NC1CCN(C)CC1. The molecule has 33 heavy (non-hydrogen) atoms. The third-order valence-electron chi connectivity index (χ3n) is 5.69. The van der Waals surface area contributed by atoms with Crippen LogP contribution in [0.2, 0.25) is 0 Å². The zero-order chi connectivity index (χ0) is 24.0. The second kappa shape index (κ2) is 11.3. The molecule has 2 amide bonds.